The molecule has 2 aromatic rings. The Kier molecular flexibility index (Phi) is 3.16. The number of rotatable bonds is 3. The minimum absolute atomic E-state index is 0.143. The maximum atomic E-state index is 12.3. The van der Waals surface area contributed by atoms with Gasteiger partial charge in [-0.3, -0.25) is 9.59 Å². The SMILES string of the molecule is O=C1CC(Nc2ccccn2)C(=O)N1c1ccccc1. The summed E-state index contributed by atoms with van der Waals surface area (Å²) < 4.78 is 0. The first-order valence-corrected chi connectivity index (χ1v) is 6.35. The lowest BCUT2D eigenvalue weighted by Gasteiger charge is -2.15. The molecule has 1 unspecified atom stereocenters. The first-order chi connectivity index (χ1) is 9.75. The van der Waals surface area contributed by atoms with Crippen LogP contribution in [-0.4, -0.2) is 22.8 Å². The van der Waals surface area contributed by atoms with E-state index in [1.54, 1.807) is 42.6 Å². The molecule has 5 nitrogen and oxygen atoms in total. The van der Waals surface area contributed by atoms with E-state index in [1.165, 1.54) is 4.90 Å². The largest absolute Gasteiger partial charge is 0.358 e. The number of hydrogen-bond donors (Lipinski definition) is 1. The van der Waals surface area contributed by atoms with Crippen molar-refractivity contribution < 1.29 is 9.59 Å². The molecule has 1 aliphatic rings. The molecule has 0 saturated carbocycles. The third-order valence-corrected chi connectivity index (χ3v) is 3.15. The number of para-hydroxylation sites is 1. The Hall–Kier alpha value is -2.69. The highest BCUT2D eigenvalue weighted by Gasteiger charge is 2.39. The number of benzene rings is 1. The van der Waals surface area contributed by atoms with Gasteiger partial charge in [-0.2, -0.15) is 0 Å². The van der Waals surface area contributed by atoms with Gasteiger partial charge in [-0.25, -0.2) is 9.88 Å². The summed E-state index contributed by atoms with van der Waals surface area (Å²) in [5.41, 5.74) is 0.604. The van der Waals surface area contributed by atoms with Crippen molar-refractivity contribution in [3.8, 4) is 0 Å². The summed E-state index contributed by atoms with van der Waals surface area (Å²) in [5, 5.41) is 3.00. The molecule has 1 atom stereocenters. The molecule has 0 radical (unpaired) electrons. The van der Waals surface area contributed by atoms with Crippen LogP contribution in [0.2, 0.25) is 0 Å². The van der Waals surface area contributed by atoms with Gasteiger partial charge in [-0.05, 0) is 24.3 Å². The van der Waals surface area contributed by atoms with E-state index in [2.05, 4.69) is 10.3 Å². The van der Waals surface area contributed by atoms with Crippen LogP contribution in [0, 0.1) is 0 Å². The summed E-state index contributed by atoms with van der Waals surface area (Å²) in [6.07, 6.45) is 1.78. The van der Waals surface area contributed by atoms with E-state index in [9.17, 15) is 9.59 Å². The van der Waals surface area contributed by atoms with Crippen LogP contribution in [0.3, 0.4) is 0 Å². The summed E-state index contributed by atoms with van der Waals surface area (Å²) in [5.74, 6) is 0.148. The zero-order chi connectivity index (χ0) is 13.9. The molecular formula is C15H13N3O2. The van der Waals surface area contributed by atoms with Gasteiger partial charge in [0.15, 0.2) is 0 Å². The first-order valence-electron chi connectivity index (χ1n) is 6.35. The number of carbonyl (C=O) groups is 2. The molecule has 1 N–H and O–H groups in total. The molecule has 1 aromatic heterocycles. The molecule has 1 aliphatic heterocycles. The van der Waals surface area contributed by atoms with Crippen molar-refractivity contribution in [2.24, 2.45) is 0 Å². The third-order valence-electron chi connectivity index (χ3n) is 3.15. The molecule has 0 bridgehead atoms. The molecule has 5 heteroatoms. The van der Waals surface area contributed by atoms with Gasteiger partial charge < -0.3 is 5.32 Å². The Morgan fingerprint density at radius 2 is 1.80 bits per heavy atom. The van der Waals surface area contributed by atoms with Crippen molar-refractivity contribution in [3.63, 3.8) is 0 Å². The molecule has 1 fully saturated rings. The summed E-state index contributed by atoms with van der Waals surface area (Å²) >= 11 is 0. The van der Waals surface area contributed by atoms with E-state index in [0.717, 1.165) is 0 Å². The van der Waals surface area contributed by atoms with Crippen molar-refractivity contribution in [1.29, 1.82) is 0 Å². The van der Waals surface area contributed by atoms with Gasteiger partial charge in [-0.15, -0.1) is 0 Å². The summed E-state index contributed by atoms with van der Waals surface area (Å²) in [4.78, 5) is 29.7. The molecule has 3 rings (SSSR count). The van der Waals surface area contributed by atoms with Gasteiger partial charge in [0.05, 0.1) is 12.1 Å². The number of amides is 2. The first kappa shape index (κ1) is 12.3. The highest BCUT2D eigenvalue weighted by molar-refractivity contribution is 6.23. The van der Waals surface area contributed by atoms with Crippen LogP contribution in [-0.2, 0) is 9.59 Å². The molecule has 2 amide bonds. The Morgan fingerprint density at radius 3 is 2.50 bits per heavy atom. The predicted molar refractivity (Wildman–Crippen MR) is 75.2 cm³/mol. The van der Waals surface area contributed by atoms with Gasteiger partial charge in [0, 0.05) is 6.20 Å². The fourth-order valence-electron chi connectivity index (χ4n) is 2.22. The van der Waals surface area contributed by atoms with E-state index >= 15 is 0 Å². The number of imide groups is 1. The van der Waals surface area contributed by atoms with Crippen molar-refractivity contribution >= 4 is 23.3 Å². The highest BCUT2D eigenvalue weighted by Crippen LogP contribution is 2.23. The van der Waals surface area contributed by atoms with Crippen LogP contribution in [0.5, 0.6) is 0 Å². The number of carbonyl (C=O) groups excluding carboxylic acids is 2. The lowest BCUT2D eigenvalue weighted by Crippen LogP contribution is -2.34. The topological polar surface area (TPSA) is 62.3 Å². The van der Waals surface area contributed by atoms with Gasteiger partial charge in [-0.1, -0.05) is 24.3 Å². The van der Waals surface area contributed by atoms with Gasteiger partial charge in [0.2, 0.25) is 5.91 Å². The normalized spacial score (nSPS) is 18.4. The monoisotopic (exact) mass is 267 g/mol. The van der Waals surface area contributed by atoms with E-state index < -0.39 is 6.04 Å². The molecule has 1 aromatic carbocycles. The Bertz CT molecular complexity index is 628. The molecule has 20 heavy (non-hydrogen) atoms. The average molecular weight is 267 g/mol. The highest BCUT2D eigenvalue weighted by atomic mass is 16.2. The van der Waals surface area contributed by atoms with E-state index in [-0.39, 0.29) is 18.2 Å². The van der Waals surface area contributed by atoms with E-state index in [1.807, 2.05) is 12.1 Å². The van der Waals surface area contributed by atoms with Gasteiger partial charge >= 0.3 is 0 Å². The second-order valence-electron chi connectivity index (χ2n) is 4.52. The second kappa shape index (κ2) is 5.13. The zero-order valence-electron chi connectivity index (χ0n) is 10.7. The van der Waals surface area contributed by atoms with Crippen LogP contribution in [0.4, 0.5) is 11.5 Å². The number of anilines is 2. The number of nitrogens with one attached hydrogen (secondary N) is 1. The smallest absolute Gasteiger partial charge is 0.256 e. The molecule has 1 saturated heterocycles. The fraction of sp³-hybridized carbons (Fsp3) is 0.133. The lowest BCUT2D eigenvalue weighted by molar-refractivity contribution is -0.121. The minimum Gasteiger partial charge on any atom is -0.358 e. The Morgan fingerprint density at radius 1 is 1.05 bits per heavy atom. The van der Waals surface area contributed by atoms with Crippen LogP contribution >= 0.6 is 0 Å². The zero-order valence-corrected chi connectivity index (χ0v) is 10.7. The summed E-state index contributed by atoms with van der Waals surface area (Å²) in [6.45, 7) is 0. The lowest BCUT2D eigenvalue weighted by atomic mass is 10.2. The quantitative estimate of drug-likeness (QED) is 0.862. The molecular weight excluding hydrogens is 254 g/mol. The average Bonchev–Trinajstić information content (AvgIpc) is 2.75. The fourth-order valence-corrected chi connectivity index (χ4v) is 2.22. The van der Waals surface area contributed by atoms with Crippen LogP contribution in [0.1, 0.15) is 6.42 Å². The van der Waals surface area contributed by atoms with E-state index in [0.29, 0.717) is 11.5 Å². The molecule has 0 aliphatic carbocycles. The standard InChI is InChI=1S/C15H13N3O2/c19-14-10-12(17-13-8-4-5-9-16-13)15(20)18(14)11-6-2-1-3-7-11/h1-9,12H,10H2,(H,16,17). The van der Waals surface area contributed by atoms with Crippen LogP contribution < -0.4 is 10.2 Å². The van der Waals surface area contributed by atoms with Gasteiger partial charge in [0.25, 0.3) is 5.91 Å². The number of hydrogen-bond acceptors (Lipinski definition) is 4. The number of pyridine rings is 1. The Labute approximate surface area is 116 Å². The van der Waals surface area contributed by atoms with Crippen molar-refractivity contribution in [1.82, 2.24) is 4.98 Å². The Balaban J connectivity index is 1.81. The maximum absolute atomic E-state index is 12.3. The van der Waals surface area contributed by atoms with Gasteiger partial charge in [0.1, 0.15) is 11.9 Å². The summed E-state index contributed by atoms with van der Waals surface area (Å²) in [7, 11) is 0. The summed E-state index contributed by atoms with van der Waals surface area (Å²) in [6, 6.07) is 13.8. The minimum atomic E-state index is -0.558. The van der Waals surface area contributed by atoms with Crippen molar-refractivity contribution in [3.05, 3.63) is 54.7 Å². The van der Waals surface area contributed by atoms with Crippen LogP contribution in [0.15, 0.2) is 54.7 Å². The second-order valence-corrected chi connectivity index (χ2v) is 4.52. The maximum Gasteiger partial charge on any atom is 0.256 e. The number of nitrogens with zero attached hydrogens (tertiary/aromatic N) is 2. The number of aromatic nitrogens is 1. The van der Waals surface area contributed by atoms with Crippen molar-refractivity contribution in [2.75, 3.05) is 10.2 Å². The molecule has 0 spiro atoms. The molecule has 2 heterocycles. The third kappa shape index (κ3) is 2.25. The predicted octanol–water partition coefficient (Wildman–Crippen LogP) is 1.83. The van der Waals surface area contributed by atoms with Crippen molar-refractivity contribution in [2.45, 2.75) is 12.5 Å². The van der Waals surface area contributed by atoms with Crippen LogP contribution in [0.25, 0.3) is 0 Å². The molecule has 100 valence electrons. The van der Waals surface area contributed by atoms with E-state index in [4.69, 9.17) is 0 Å².